The Morgan fingerprint density at radius 2 is 1.75 bits per heavy atom. The van der Waals surface area contributed by atoms with Gasteiger partial charge in [0, 0.05) is 26.2 Å². The second-order valence-electron chi connectivity index (χ2n) is 8.78. The van der Waals surface area contributed by atoms with Crippen LogP contribution in [-0.2, 0) is 14.8 Å². The van der Waals surface area contributed by atoms with Crippen molar-refractivity contribution in [3.05, 3.63) is 0 Å². The first kappa shape index (κ1) is 23.2. The van der Waals surface area contributed by atoms with Crippen molar-refractivity contribution in [1.82, 2.24) is 9.21 Å². The van der Waals surface area contributed by atoms with Crippen LogP contribution in [0.25, 0.3) is 0 Å². The van der Waals surface area contributed by atoms with E-state index in [2.05, 4.69) is 4.74 Å². The molecule has 1 saturated carbocycles. The summed E-state index contributed by atoms with van der Waals surface area (Å²) in [6.07, 6.45) is -5.93. The highest BCUT2D eigenvalue weighted by Gasteiger charge is 2.51. The average Bonchev–Trinajstić information content (AvgIpc) is 2.54. The van der Waals surface area contributed by atoms with E-state index in [1.165, 1.54) is 9.21 Å². The van der Waals surface area contributed by atoms with Gasteiger partial charge in [-0.15, -0.1) is 0 Å². The SMILES string of the molecule is CN(C1CC2(CCN(C(=O)O[C@H](CO)C(F)(F)F)CC2)C1)S(=O)(=O)C(C)(C)C. The van der Waals surface area contributed by atoms with Crippen LogP contribution in [0.2, 0.25) is 0 Å². The van der Waals surface area contributed by atoms with E-state index in [4.69, 9.17) is 5.11 Å². The number of hydrogen-bond donors (Lipinski definition) is 1. The maximum absolute atomic E-state index is 12.6. The van der Waals surface area contributed by atoms with Gasteiger partial charge in [-0.25, -0.2) is 17.5 Å². The van der Waals surface area contributed by atoms with E-state index in [-0.39, 0.29) is 24.5 Å². The van der Waals surface area contributed by atoms with Gasteiger partial charge < -0.3 is 14.7 Å². The van der Waals surface area contributed by atoms with Crippen LogP contribution in [0.1, 0.15) is 46.5 Å². The number of carbonyl (C=O) groups is 1. The Morgan fingerprint density at radius 1 is 1.25 bits per heavy atom. The van der Waals surface area contributed by atoms with E-state index < -0.39 is 39.8 Å². The van der Waals surface area contributed by atoms with Crippen LogP contribution in [0.4, 0.5) is 18.0 Å². The molecule has 7 nitrogen and oxygen atoms in total. The highest BCUT2D eigenvalue weighted by molar-refractivity contribution is 7.90. The zero-order chi connectivity index (χ0) is 21.5. The van der Waals surface area contributed by atoms with Crippen LogP contribution >= 0.6 is 0 Å². The zero-order valence-electron chi connectivity index (χ0n) is 16.6. The fourth-order valence-electron chi connectivity index (χ4n) is 3.80. The summed E-state index contributed by atoms with van der Waals surface area (Å²) in [6, 6.07) is -0.105. The number of nitrogens with zero attached hydrogens (tertiary/aromatic N) is 2. The number of sulfonamides is 1. The smallest absolute Gasteiger partial charge is 0.427 e. The summed E-state index contributed by atoms with van der Waals surface area (Å²) in [4.78, 5) is 13.2. The lowest BCUT2D eigenvalue weighted by Gasteiger charge is -2.54. The molecule has 11 heteroatoms. The molecule has 1 atom stereocenters. The first-order valence-corrected chi connectivity index (χ1v) is 10.7. The second-order valence-corrected chi connectivity index (χ2v) is 11.5. The number of aliphatic hydroxyl groups is 1. The molecular weight excluding hydrogens is 401 g/mol. The molecule has 0 unspecified atom stereocenters. The maximum atomic E-state index is 12.6. The molecule has 2 aliphatic rings. The lowest BCUT2D eigenvalue weighted by Crippen LogP contribution is -2.58. The molecule has 164 valence electrons. The van der Waals surface area contributed by atoms with E-state index in [1.54, 1.807) is 27.8 Å². The van der Waals surface area contributed by atoms with Gasteiger partial charge in [0.05, 0.1) is 11.4 Å². The van der Waals surface area contributed by atoms with Crippen molar-refractivity contribution < 1.29 is 36.2 Å². The summed E-state index contributed by atoms with van der Waals surface area (Å²) >= 11 is 0. The van der Waals surface area contributed by atoms with Gasteiger partial charge in [-0.1, -0.05) is 0 Å². The van der Waals surface area contributed by atoms with Gasteiger partial charge in [-0.05, 0) is 51.9 Å². The number of alkyl halides is 3. The highest BCUT2D eigenvalue weighted by Crippen LogP contribution is 2.51. The standard InChI is InChI=1S/C17H29F3N2O5S/c1-15(2,3)28(25,26)21(4)12-9-16(10-12)5-7-22(8-6-16)14(24)27-13(11-23)17(18,19)20/h12-13,23H,5-11H2,1-4H3/t13-/m1/s1. The quantitative estimate of drug-likeness (QED) is 0.740. The largest absolute Gasteiger partial charge is 0.434 e. The summed E-state index contributed by atoms with van der Waals surface area (Å²) in [6.45, 7) is 4.13. The third-order valence-corrected chi connectivity index (χ3v) is 8.46. The van der Waals surface area contributed by atoms with Gasteiger partial charge >= 0.3 is 12.3 Å². The molecule has 1 aliphatic carbocycles. The summed E-state index contributed by atoms with van der Waals surface area (Å²) in [5, 5.41) is 8.77. The molecule has 0 bridgehead atoms. The number of piperidine rings is 1. The number of hydrogen-bond acceptors (Lipinski definition) is 5. The van der Waals surface area contributed by atoms with Gasteiger partial charge in [0.15, 0.2) is 0 Å². The third kappa shape index (κ3) is 4.56. The highest BCUT2D eigenvalue weighted by atomic mass is 32.2. The first-order valence-electron chi connectivity index (χ1n) is 9.24. The first-order chi connectivity index (χ1) is 12.6. The molecule has 0 radical (unpaired) electrons. The molecule has 0 aromatic heterocycles. The molecule has 1 saturated heterocycles. The minimum Gasteiger partial charge on any atom is -0.434 e. The van der Waals surface area contributed by atoms with E-state index >= 15 is 0 Å². The summed E-state index contributed by atoms with van der Waals surface area (Å²) in [7, 11) is -1.85. The van der Waals surface area contributed by atoms with Crippen LogP contribution in [-0.4, -0.2) is 78.6 Å². The van der Waals surface area contributed by atoms with Crippen LogP contribution in [0.15, 0.2) is 0 Å². The molecule has 1 heterocycles. The number of amides is 1. The van der Waals surface area contributed by atoms with Crippen molar-refractivity contribution in [2.24, 2.45) is 5.41 Å². The van der Waals surface area contributed by atoms with Crippen molar-refractivity contribution in [2.45, 2.75) is 69.5 Å². The molecule has 1 N–H and O–H groups in total. The fraction of sp³-hybridized carbons (Fsp3) is 0.941. The minimum absolute atomic E-state index is 0.0937. The predicted molar refractivity (Wildman–Crippen MR) is 96.1 cm³/mol. The Morgan fingerprint density at radius 3 is 2.14 bits per heavy atom. The Balaban J connectivity index is 1.88. The Hall–Kier alpha value is -1.07. The van der Waals surface area contributed by atoms with Crippen molar-refractivity contribution in [1.29, 1.82) is 0 Å². The van der Waals surface area contributed by atoms with Crippen molar-refractivity contribution in [3.63, 3.8) is 0 Å². The number of aliphatic hydroxyl groups excluding tert-OH is 1. The predicted octanol–water partition coefficient (Wildman–Crippen LogP) is 2.35. The molecule has 1 aliphatic heterocycles. The normalized spacial score (nSPS) is 22.2. The topological polar surface area (TPSA) is 87.2 Å². The Kier molecular flexibility index (Phi) is 6.33. The van der Waals surface area contributed by atoms with Crippen LogP contribution in [0.5, 0.6) is 0 Å². The molecule has 28 heavy (non-hydrogen) atoms. The lowest BCUT2D eigenvalue weighted by atomic mass is 9.60. The van der Waals surface area contributed by atoms with Crippen LogP contribution < -0.4 is 0 Å². The van der Waals surface area contributed by atoms with E-state index in [0.29, 0.717) is 25.7 Å². The van der Waals surface area contributed by atoms with Crippen molar-refractivity contribution in [3.8, 4) is 0 Å². The number of rotatable bonds is 4. The number of ether oxygens (including phenoxy) is 1. The number of likely N-dealkylation sites (tertiary alicyclic amines) is 1. The second kappa shape index (κ2) is 7.64. The van der Waals surface area contributed by atoms with Crippen molar-refractivity contribution in [2.75, 3.05) is 26.7 Å². The molecular formula is C17H29F3N2O5S. The van der Waals surface area contributed by atoms with E-state index in [1.807, 2.05) is 0 Å². The Labute approximate surface area is 163 Å². The molecule has 0 aromatic rings. The fourth-order valence-corrected chi connectivity index (χ4v) is 5.21. The average molecular weight is 430 g/mol. The van der Waals surface area contributed by atoms with Gasteiger partial charge in [0.1, 0.15) is 0 Å². The summed E-state index contributed by atoms with van der Waals surface area (Å²) < 4.78 is 67.9. The summed E-state index contributed by atoms with van der Waals surface area (Å²) in [5.41, 5.74) is -0.0937. The molecule has 1 spiro atoms. The van der Waals surface area contributed by atoms with Gasteiger partial charge in [0.25, 0.3) is 0 Å². The third-order valence-electron chi connectivity index (χ3n) is 5.86. The van der Waals surface area contributed by atoms with E-state index in [0.717, 1.165) is 0 Å². The minimum atomic E-state index is -4.81. The summed E-state index contributed by atoms with van der Waals surface area (Å²) in [5.74, 6) is 0. The molecule has 0 aromatic carbocycles. The van der Waals surface area contributed by atoms with Gasteiger partial charge in [0.2, 0.25) is 16.1 Å². The van der Waals surface area contributed by atoms with Crippen LogP contribution in [0.3, 0.4) is 0 Å². The molecule has 2 fully saturated rings. The lowest BCUT2D eigenvalue weighted by molar-refractivity contribution is -0.215. The van der Waals surface area contributed by atoms with Gasteiger partial charge in [-0.2, -0.15) is 13.2 Å². The molecule has 2 rings (SSSR count). The monoisotopic (exact) mass is 430 g/mol. The zero-order valence-corrected chi connectivity index (χ0v) is 17.4. The maximum Gasteiger partial charge on any atom is 0.427 e. The number of halogens is 3. The van der Waals surface area contributed by atoms with Gasteiger partial charge in [-0.3, -0.25) is 0 Å². The molecule has 1 amide bonds. The Bertz CT molecular complexity index is 674. The van der Waals surface area contributed by atoms with Crippen molar-refractivity contribution >= 4 is 16.1 Å². The number of carbonyl (C=O) groups excluding carboxylic acids is 1. The van der Waals surface area contributed by atoms with E-state index in [9.17, 15) is 26.4 Å². The van der Waals surface area contributed by atoms with Crippen LogP contribution in [0, 0.1) is 5.41 Å².